The first kappa shape index (κ1) is 26.8. The van der Waals surface area contributed by atoms with Gasteiger partial charge in [0.25, 0.3) is 5.91 Å². The van der Waals surface area contributed by atoms with Gasteiger partial charge in [-0.2, -0.15) is 4.98 Å². The van der Waals surface area contributed by atoms with E-state index < -0.39 is 29.9 Å². The summed E-state index contributed by atoms with van der Waals surface area (Å²) in [6.45, 7) is 1.47. The molecule has 1 aromatic heterocycles. The molecule has 0 radical (unpaired) electrons. The fourth-order valence-corrected chi connectivity index (χ4v) is 4.19. The van der Waals surface area contributed by atoms with Crippen molar-refractivity contribution >= 4 is 23.9 Å². The van der Waals surface area contributed by atoms with E-state index in [0.29, 0.717) is 25.2 Å². The molecule has 38 heavy (non-hydrogen) atoms. The highest BCUT2D eigenvalue weighted by Crippen LogP contribution is 2.22. The van der Waals surface area contributed by atoms with Crippen LogP contribution >= 0.6 is 0 Å². The molecule has 4 rings (SSSR count). The molecule has 13 nitrogen and oxygen atoms in total. The molecule has 0 aliphatic carbocycles. The summed E-state index contributed by atoms with van der Waals surface area (Å²) in [5, 5.41) is 21.0. The lowest BCUT2D eigenvalue weighted by Gasteiger charge is -2.35. The summed E-state index contributed by atoms with van der Waals surface area (Å²) < 4.78 is 11.3. The van der Waals surface area contributed by atoms with Gasteiger partial charge in [0.2, 0.25) is 11.8 Å². The highest BCUT2D eigenvalue weighted by Gasteiger charge is 2.31. The Kier molecular flexibility index (Phi) is 8.69. The number of carboxylic acids is 1. The second kappa shape index (κ2) is 12.3. The molecule has 2 saturated heterocycles. The lowest BCUT2D eigenvalue weighted by atomic mass is 10.1. The molecule has 202 valence electrons. The Labute approximate surface area is 218 Å². The lowest BCUT2D eigenvalue weighted by molar-refractivity contribution is -0.138. The van der Waals surface area contributed by atoms with E-state index in [1.807, 2.05) is 18.2 Å². The Morgan fingerprint density at radius 3 is 2.39 bits per heavy atom. The highest BCUT2D eigenvalue weighted by atomic mass is 16.5. The zero-order valence-electron chi connectivity index (χ0n) is 20.6. The first-order chi connectivity index (χ1) is 18.3. The molecular weight excluding hydrogens is 498 g/mol. The van der Waals surface area contributed by atoms with Gasteiger partial charge in [0, 0.05) is 50.7 Å². The van der Waals surface area contributed by atoms with Crippen LogP contribution in [0.4, 0.5) is 4.79 Å². The molecule has 2 aliphatic heterocycles. The maximum absolute atomic E-state index is 13.3. The number of aromatic nitrogens is 2. The van der Waals surface area contributed by atoms with Gasteiger partial charge < -0.3 is 34.8 Å². The van der Waals surface area contributed by atoms with Crippen molar-refractivity contribution in [2.75, 3.05) is 39.4 Å². The third kappa shape index (κ3) is 6.94. The van der Waals surface area contributed by atoms with Gasteiger partial charge in [-0.05, 0) is 6.42 Å². The van der Waals surface area contributed by atoms with Crippen LogP contribution in [-0.4, -0.2) is 105 Å². The summed E-state index contributed by atoms with van der Waals surface area (Å²) in [7, 11) is 0. The fraction of sp³-hybridized carbons (Fsp3) is 0.440. The van der Waals surface area contributed by atoms with E-state index in [2.05, 4.69) is 15.3 Å². The fourth-order valence-electron chi connectivity index (χ4n) is 4.19. The average Bonchev–Trinajstić information content (AvgIpc) is 3.43. The number of benzene rings is 1. The van der Waals surface area contributed by atoms with Crippen LogP contribution < -0.4 is 10.1 Å². The maximum atomic E-state index is 13.3. The predicted molar refractivity (Wildman–Crippen MR) is 132 cm³/mol. The van der Waals surface area contributed by atoms with Gasteiger partial charge in [-0.3, -0.25) is 14.4 Å². The van der Waals surface area contributed by atoms with Gasteiger partial charge in [-0.1, -0.05) is 30.3 Å². The van der Waals surface area contributed by atoms with E-state index >= 15 is 0 Å². The van der Waals surface area contributed by atoms with Gasteiger partial charge in [-0.15, -0.1) is 0 Å². The van der Waals surface area contributed by atoms with E-state index in [1.54, 1.807) is 12.1 Å². The number of carbonyl (C=O) groups excluding carboxylic acids is 2. The van der Waals surface area contributed by atoms with Crippen molar-refractivity contribution in [3.8, 4) is 17.3 Å². The zero-order valence-corrected chi connectivity index (χ0v) is 20.6. The van der Waals surface area contributed by atoms with Gasteiger partial charge in [0.05, 0.1) is 13.2 Å². The van der Waals surface area contributed by atoms with E-state index in [4.69, 9.17) is 14.6 Å². The van der Waals surface area contributed by atoms with Gasteiger partial charge in [0.1, 0.15) is 17.8 Å². The van der Waals surface area contributed by atoms with E-state index in [-0.39, 0.29) is 62.5 Å². The molecule has 2 fully saturated rings. The number of hydrogen-bond donors (Lipinski definition) is 3. The number of nitrogens with zero attached hydrogens (tertiary/aromatic N) is 4. The van der Waals surface area contributed by atoms with Crippen molar-refractivity contribution in [2.45, 2.75) is 31.4 Å². The molecular formula is C25H29N5O8. The Bertz CT molecular complexity index is 1160. The molecule has 1 unspecified atom stereocenters. The minimum Gasteiger partial charge on any atom is -0.481 e. The Morgan fingerprint density at radius 2 is 1.76 bits per heavy atom. The summed E-state index contributed by atoms with van der Waals surface area (Å²) in [4.78, 5) is 60.4. The van der Waals surface area contributed by atoms with Gasteiger partial charge in [-0.25, -0.2) is 9.78 Å². The summed E-state index contributed by atoms with van der Waals surface area (Å²) in [5.41, 5.74) is 0.612. The van der Waals surface area contributed by atoms with Crippen LogP contribution in [0.15, 0.2) is 36.4 Å². The van der Waals surface area contributed by atoms with Gasteiger partial charge >= 0.3 is 12.1 Å². The van der Waals surface area contributed by atoms with Crippen LogP contribution in [-0.2, 0) is 14.3 Å². The Balaban J connectivity index is 1.55. The lowest BCUT2D eigenvalue weighted by Crippen LogP contribution is -2.55. The molecule has 3 amide bonds. The minimum absolute atomic E-state index is 0.0448. The van der Waals surface area contributed by atoms with Crippen LogP contribution in [0.2, 0.25) is 0 Å². The smallest absolute Gasteiger partial charge is 0.407 e. The maximum Gasteiger partial charge on any atom is 0.407 e. The first-order valence-electron chi connectivity index (χ1n) is 12.3. The second-order valence-electron chi connectivity index (χ2n) is 8.94. The van der Waals surface area contributed by atoms with Crippen molar-refractivity contribution in [3.63, 3.8) is 0 Å². The third-order valence-electron chi connectivity index (χ3n) is 6.25. The van der Waals surface area contributed by atoms with E-state index in [0.717, 1.165) is 0 Å². The van der Waals surface area contributed by atoms with Crippen LogP contribution in [0.5, 0.6) is 5.88 Å². The largest absolute Gasteiger partial charge is 0.481 e. The molecule has 2 atom stereocenters. The number of carboxylic acid groups (broad SMARTS) is 2. The molecule has 13 heteroatoms. The molecule has 0 saturated carbocycles. The second-order valence-corrected chi connectivity index (χ2v) is 8.94. The number of ether oxygens (including phenoxy) is 2. The van der Waals surface area contributed by atoms with Crippen LogP contribution in [0.1, 0.15) is 29.8 Å². The molecule has 3 N–H and O–H groups in total. The first-order valence-corrected chi connectivity index (χ1v) is 12.3. The predicted octanol–water partition coefficient (Wildman–Crippen LogP) is 1.10. The SMILES string of the molecule is O=C(O)CC[C@H](NC(=O)c1cc(OC2CCOC2)nc(-c2ccccc2)n1)C(=O)N1CCN(C(=O)O)CC1. The topological polar surface area (TPSA) is 171 Å². The molecule has 0 bridgehead atoms. The summed E-state index contributed by atoms with van der Waals surface area (Å²) >= 11 is 0. The highest BCUT2D eigenvalue weighted by molar-refractivity contribution is 5.96. The van der Waals surface area contributed by atoms with E-state index in [9.17, 15) is 24.3 Å². The summed E-state index contributed by atoms with van der Waals surface area (Å²) in [6.07, 6.45) is -1.11. The normalized spacial score (nSPS) is 18.1. The number of carbonyl (C=O) groups is 4. The minimum atomic E-state index is -1.14. The zero-order chi connectivity index (χ0) is 27.1. The standard InChI is InChI=1S/C25H29N5O8/c31-21(32)7-6-18(24(34)29-9-11-30(12-10-29)25(35)36)27-23(33)19-14-20(38-17-8-13-37-15-17)28-22(26-19)16-4-2-1-3-5-16/h1-5,14,17-18H,6-13,15H2,(H,27,33)(H,31,32)(H,35,36)/t17?,18-/m0/s1. The average molecular weight is 528 g/mol. The number of nitrogens with one attached hydrogen (secondary N) is 1. The quantitative estimate of drug-likeness (QED) is 0.429. The number of piperazine rings is 1. The molecule has 3 heterocycles. The van der Waals surface area contributed by atoms with Gasteiger partial charge in [0.15, 0.2) is 5.82 Å². The monoisotopic (exact) mass is 527 g/mol. The Morgan fingerprint density at radius 1 is 1.05 bits per heavy atom. The number of aliphatic carboxylic acids is 1. The molecule has 2 aliphatic rings. The molecule has 1 aromatic carbocycles. The Hall–Kier alpha value is -4.26. The van der Waals surface area contributed by atoms with Crippen LogP contribution in [0.3, 0.4) is 0 Å². The number of rotatable bonds is 9. The molecule has 0 spiro atoms. The summed E-state index contributed by atoms with van der Waals surface area (Å²) in [6, 6.07) is 9.26. The van der Waals surface area contributed by atoms with Crippen molar-refractivity contribution in [3.05, 3.63) is 42.1 Å². The van der Waals surface area contributed by atoms with E-state index in [1.165, 1.54) is 15.9 Å². The van der Waals surface area contributed by atoms with Crippen molar-refractivity contribution in [1.82, 2.24) is 25.1 Å². The summed E-state index contributed by atoms with van der Waals surface area (Å²) in [5.74, 6) is -1.86. The van der Waals surface area contributed by atoms with Crippen molar-refractivity contribution in [2.24, 2.45) is 0 Å². The number of amides is 3. The van der Waals surface area contributed by atoms with Crippen LogP contribution in [0.25, 0.3) is 11.4 Å². The van der Waals surface area contributed by atoms with Crippen molar-refractivity contribution < 1.29 is 38.9 Å². The molecule has 2 aromatic rings. The van der Waals surface area contributed by atoms with Crippen molar-refractivity contribution in [1.29, 1.82) is 0 Å². The third-order valence-corrected chi connectivity index (χ3v) is 6.25. The van der Waals surface area contributed by atoms with Crippen LogP contribution in [0, 0.1) is 0 Å². The number of hydrogen-bond acceptors (Lipinski definition) is 8.